The first-order chi connectivity index (χ1) is 8.56. The molecule has 0 aromatic rings. The average Bonchev–Trinajstić information content (AvgIpc) is 2.84. The largest absolute Gasteiger partial charge is 0.466 e. The number of carbonyl (C=O) groups is 1. The number of carbonyl (C=O) groups excluding carboxylic acids is 1. The Balaban J connectivity index is 0. The van der Waals surface area contributed by atoms with Crippen molar-refractivity contribution in [3.05, 3.63) is 0 Å². The minimum atomic E-state index is -0.185. The fourth-order valence-corrected chi connectivity index (χ4v) is 1.63. The van der Waals surface area contributed by atoms with Gasteiger partial charge in [-0.25, -0.2) is 0 Å². The van der Waals surface area contributed by atoms with Crippen molar-refractivity contribution in [3.63, 3.8) is 0 Å². The van der Waals surface area contributed by atoms with Crippen LogP contribution in [0.4, 0.5) is 0 Å². The van der Waals surface area contributed by atoms with Gasteiger partial charge in [-0.1, -0.05) is 40.5 Å². The first-order valence-corrected chi connectivity index (χ1v) is 7.30. The van der Waals surface area contributed by atoms with E-state index in [0.29, 0.717) is 25.0 Å². The van der Waals surface area contributed by atoms with Crippen molar-refractivity contribution in [2.45, 2.75) is 66.7 Å². The number of rotatable bonds is 4. The van der Waals surface area contributed by atoms with Crippen molar-refractivity contribution in [2.24, 2.45) is 11.8 Å². The summed E-state index contributed by atoms with van der Waals surface area (Å²) >= 11 is 0. The van der Waals surface area contributed by atoms with E-state index in [1.165, 1.54) is 32.6 Å². The average molecular weight is 260 g/mol. The lowest BCUT2D eigenvalue weighted by molar-refractivity contribution is -0.141. The van der Waals surface area contributed by atoms with E-state index in [1.807, 2.05) is 13.8 Å². The highest BCUT2D eigenvalue weighted by molar-refractivity contribution is 5.65. The van der Waals surface area contributed by atoms with Crippen LogP contribution in [-0.2, 0) is 9.53 Å². The van der Waals surface area contributed by atoms with Gasteiger partial charge in [0.05, 0.1) is 6.61 Å². The topological polar surface area (TPSA) is 46.5 Å². The molecule has 0 spiro atoms. The molecule has 0 heterocycles. The number of hydrogen-bond donors (Lipinski definition) is 1. The molecule has 0 bridgehead atoms. The third-order valence-corrected chi connectivity index (χ3v) is 2.73. The Morgan fingerprint density at radius 3 is 2.06 bits per heavy atom. The number of esters is 1. The van der Waals surface area contributed by atoms with E-state index in [-0.39, 0.29) is 5.97 Å². The Morgan fingerprint density at radius 1 is 1.28 bits per heavy atom. The fourth-order valence-electron chi connectivity index (χ4n) is 1.63. The molecule has 0 amide bonds. The second-order valence-electron chi connectivity index (χ2n) is 4.86. The van der Waals surface area contributed by atoms with Gasteiger partial charge in [0, 0.05) is 13.5 Å². The predicted molar refractivity (Wildman–Crippen MR) is 76.5 cm³/mol. The summed E-state index contributed by atoms with van der Waals surface area (Å²) in [7, 11) is 0. The van der Waals surface area contributed by atoms with Crippen LogP contribution in [0.1, 0.15) is 66.7 Å². The maximum absolute atomic E-state index is 10.2. The number of aliphatic hydroxyl groups excluding tert-OH is 1. The Morgan fingerprint density at radius 2 is 1.78 bits per heavy atom. The third-order valence-electron chi connectivity index (χ3n) is 2.73. The second kappa shape index (κ2) is 14.5. The molecule has 0 aliphatic heterocycles. The maximum Gasteiger partial charge on any atom is 0.302 e. The molecule has 0 saturated heterocycles. The quantitative estimate of drug-likeness (QED) is 0.782. The lowest BCUT2D eigenvalue weighted by Gasteiger charge is -2.02. The number of ether oxygens (including phenoxy) is 1. The summed E-state index contributed by atoms with van der Waals surface area (Å²) in [5.41, 5.74) is 0. The number of aliphatic hydroxyl groups is 1. The molecule has 1 aliphatic carbocycles. The Bertz CT molecular complexity index is 173. The lowest BCUT2D eigenvalue weighted by atomic mass is 10.1. The van der Waals surface area contributed by atoms with Gasteiger partial charge in [-0.15, -0.1) is 0 Å². The summed E-state index contributed by atoms with van der Waals surface area (Å²) in [6.45, 7) is 10.6. The van der Waals surface area contributed by atoms with Gasteiger partial charge in [0.25, 0.3) is 0 Å². The zero-order chi connectivity index (χ0) is 14.4. The highest BCUT2D eigenvalue weighted by Crippen LogP contribution is 2.23. The molecule has 0 atom stereocenters. The molecule has 3 heteroatoms. The van der Waals surface area contributed by atoms with Crippen LogP contribution >= 0.6 is 0 Å². The van der Waals surface area contributed by atoms with Crippen molar-refractivity contribution < 1.29 is 14.6 Å². The Labute approximate surface area is 113 Å². The predicted octanol–water partition coefficient (Wildman–Crippen LogP) is 3.79. The van der Waals surface area contributed by atoms with Crippen LogP contribution in [-0.4, -0.2) is 24.3 Å². The summed E-state index contributed by atoms with van der Waals surface area (Å²) in [4.78, 5) is 10.2. The van der Waals surface area contributed by atoms with Crippen LogP contribution in [0.25, 0.3) is 0 Å². The van der Waals surface area contributed by atoms with Crippen LogP contribution in [0.2, 0.25) is 0 Å². The van der Waals surface area contributed by atoms with Crippen molar-refractivity contribution in [3.8, 4) is 0 Å². The monoisotopic (exact) mass is 260 g/mol. The molecule has 1 fully saturated rings. The van der Waals surface area contributed by atoms with Crippen LogP contribution < -0.4 is 0 Å². The molecular formula is C15H32O3. The van der Waals surface area contributed by atoms with Crippen molar-refractivity contribution >= 4 is 5.97 Å². The summed E-state index contributed by atoms with van der Waals surface area (Å²) in [5, 5.41) is 8.57. The van der Waals surface area contributed by atoms with E-state index < -0.39 is 0 Å². The molecule has 1 N–H and O–H groups in total. The van der Waals surface area contributed by atoms with E-state index in [1.54, 1.807) is 0 Å². The fraction of sp³-hybridized carbons (Fsp3) is 0.933. The van der Waals surface area contributed by atoms with Crippen LogP contribution in [0.3, 0.4) is 0 Å². The minimum absolute atomic E-state index is 0.185. The zero-order valence-corrected chi connectivity index (χ0v) is 12.9. The molecule has 0 aromatic carbocycles. The van der Waals surface area contributed by atoms with E-state index in [9.17, 15) is 4.79 Å². The van der Waals surface area contributed by atoms with Crippen molar-refractivity contribution in [1.29, 1.82) is 0 Å². The van der Waals surface area contributed by atoms with Crippen LogP contribution in [0, 0.1) is 11.8 Å². The van der Waals surface area contributed by atoms with Gasteiger partial charge in [-0.05, 0) is 31.1 Å². The first kappa shape index (κ1) is 19.8. The van der Waals surface area contributed by atoms with Crippen LogP contribution in [0.5, 0.6) is 0 Å². The molecule has 1 aliphatic rings. The SMILES string of the molecule is CC.CC(=O)OCCC(C)C.OCC1CCCC1. The van der Waals surface area contributed by atoms with E-state index in [2.05, 4.69) is 13.8 Å². The molecule has 3 nitrogen and oxygen atoms in total. The van der Waals surface area contributed by atoms with E-state index >= 15 is 0 Å². The summed E-state index contributed by atoms with van der Waals surface area (Å²) in [6.07, 6.45) is 6.16. The van der Waals surface area contributed by atoms with Gasteiger partial charge in [-0.2, -0.15) is 0 Å². The smallest absolute Gasteiger partial charge is 0.302 e. The molecule has 1 saturated carbocycles. The molecule has 18 heavy (non-hydrogen) atoms. The van der Waals surface area contributed by atoms with Gasteiger partial charge in [0.2, 0.25) is 0 Å². The number of hydrogen-bond acceptors (Lipinski definition) is 3. The third kappa shape index (κ3) is 15.4. The normalized spacial score (nSPS) is 14.4. The van der Waals surface area contributed by atoms with Gasteiger partial charge in [0.15, 0.2) is 0 Å². The van der Waals surface area contributed by atoms with Gasteiger partial charge < -0.3 is 9.84 Å². The molecule has 110 valence electrons. The first-order valence-electron chi connectivity index (χ1n) is 7.30. The highest BCUT2D eigenvalue weighted by Gasteiger charge is 2.12. The van der Waals surface area contributed by atoms with Gasteiger partial charge >= 0.3 is 5.97 Å². The summed E-state index contributed by atoms with van der Waals surface area (Å²) < 4.78 is 4.71. The Kier molecular flexibility index (Phi) is 15.9. The highest BCUT2D eigenvalue weighted by atomic mass is 16.5. The second-order valence-corrected chi connectivity index (χ2v) is 4.86. The zero-order valence-electron chi connectivity index (χ0n) is 12.9. The molecular weight excluding hydrogens is 228 g/mol. The van der Waals surface area contributed by atoms with Crippen molar-refractivity contribution in [1.82, 2.24) is 0 Å². The van der Waals surface area contributed by atoms with Crippen molar-refractivity contribution in [2.75, 3.05) is 13.2 Å². The molecule has 0 radical (unpaired) electrons. The molecule has 0 unspecified atom stereocenters. The van der Waals surface area contributed by atoms with Crippen LogP contribution in [0.15, 0.2) is 0 Å². The maximum atomic E-state index is 10.2. The molecule has 0 aromatic heterocycles. The van der Waals surface area contributed by atoms with E-state index in [0.717, 1.165) is 6.42 Å². The van der Waals surface area contributed by atoms with Gasteiger partial charge in [0.1, 0.15) is 0 Å². The van der Waals surface area contributed by atoms with E-state index in [4.69, 9.17) is 9.84 Å². The van der Waals surface area contributed by atoms with Gasteiger partial charge in [-0.3, -0.25) is 4.79 Å². The summed E-state index contributed by atoms with van der Waals surface area (Å²) in [5.74, 6) is 1.08. The summed E-state index contributed by atoms with van der Waals surface area (Å²) in [6, 6.07) is 0. The molecule has 1 rings (SSSR count). The standard InChI is InChI=1S/C7H14O2.C6H12O.C2H6/c1-6(2)4-5-9-7(3)8;7-5-6-3-1-2-4-6;1-2/h6H,4-5H2,1-3H3;6-7H,1-5H2;1-2H3. The Hall–Kier alpha value is -0.570. The minimum Gasteiger partial charge on any atom is -0.466 e. The lowest BCUT2D eigenvalue weighted by Crippen LogP contribution is -2.02.